The number of benzene rings is 1. The van der Waals surface area contributed by atoms with E-state index in [0.717, 1.165) is 0 Å². The van der Waals surface area contributed by atoms with Gasteiger partial charge in [-0.3, -0.25) is 0 Å². The fourth-order valence-corrected chi connectivity index (χ4v) is 2.19. The van der Waals surface area contributed by atoms with Crippen LogP contribution in [0.3, 0.4) is 0 Å². The van der Waals surface area contributed by atoms with Gasteiger partial charge in [-0.1, -0.05) is 11.6 Å². The van der Waals surface area contributed by atoms with E-state index in [2.05, 4.69) is 25.4 Å². The summed E-state index contributed by atoms with van der Waals surface area (Å²) in [5.41, 5.74) is 0.580. The minimum absolute atomic E-state index is 0. The second kappa shape index (κ2) is 8.78. The third kappa shape index (κ3) is 5.98. The Morgan fingerprint density at radius 1 is 1.32 bits per heavy atom. The molecule has 0 saturated heterocycles. The van der Waals surface area contributed by atoms with Crippen LogP contribution >= 0.6 is 35.4 Å². The number of halogens is 2. The molecule has 0 saturated carbocycles. The molecule has 0 atom stereocenters. The van der Waals surface area contributed by atoms with E-state index in [1.165, 1.54) is 6.20 Å². The van der Waals surface area contributed by atoms with Crippen LogP contribution in [0.5, 0.6) is 5.75 Å². The van der Waals surface area contributed by atoms with Crippen LogP contribution < -0.4 is 73.4 Å². The molecule has 6 nitrogen and oxygen atoms in total. The quantitative estimate of drug-likeness (QED) is 0.409. The van der Waals surface area contributed by atoms with Crippen molar-refractivity contribution < 1.29 is 83.5 Å². The first-order chi connectivity index (χ1) is 7.37. The number of hydrogen-bond acceptors (Lipinski definition) is 4. The second-order valence-corrected chi connectivity index (χ2v) is 5.34. The van der Waals surface area contributed by atoms with Crippen LogP contribution in [0.4, 0.5) is 0 Å². The van der Waals surface area contributed by atoms with Crippen molar-refractivity contribution in [2.24, 2.45) is 0 Å². The molecule has 0 unspecified atom stereocenters. The topological polar surface area (TPSA) is 120 Å². The molecule has 0 spiro atoms. The van der Waals surface area contributed by atoms with E-state index in [4.69, 9.17) is 11.6 Å². The van der Waals surface area contributed by atoms with Gasteiger partial charge in [0.1, 0.15) is 13.6 Å². The molecule has 0 bridgehead atoms. The maximum absolute atomic E-state index is 10.5. The van der Waals surface area contributed by atoms with Gasteiger partial charge in [0.2, 0.25) is 0 Å². The number of rotatable bonds is 2. The van der Waals surface area contributed by atoms with E-state index in [1.807, 2.05) is 0 Å². The maximum Gasteiger partial charge on any atom is 1.00 e. The number of hydrogen-bond donors (Lipinski definition) is 1. The number of aromatic nitrogens is 1. The zero-order valence-electron chi connectivity index (χ0n) is 10.1. The fourth-order valence-electron chi connectivity index (χ4n) is 1.29. The van der Waals surface area contributed by atoms with Gasteiger partial charge < -0.3 is 29.3 Å². The molecule has 0 amide bonds. The Labute approximate surface area is 166 Å². The van der Waals surface area contributed by atoms with Crippen molar-refractivity contribution in [3.8, 4) is 5.75 Å². The van der Waals surface area contributed by atoms with Gasteiger partial charge in [-0.15, -0.1) is 0 Å². The van der Waals surface area contributed by atoms with Crippen LogP contribution in [-0.4, -0.2) is 10.5 Å². The van der Waals surface area contributed by atoms with Crippen molar-refractivity contribution in [3.63, 3.8) is 0 Å². The summed E-state index contributed by atoms with van der Waals surface area (Å²) < 4.78 is 15.4. The first kappa shape index (κ1) is 22.7. The maximum atomic E-state index is 10.5. The number of phosphoric ester groups is 1. The summed E-state index contributed by atoms with van der Waals surface area (Å²) in [7, 11) is -5.05. The molecule has 0 aliphatic heterocycles. The number of aromatic amines is 1. The molecule has 2 aromatic rings. The molecule has 1 aromatic heterocycles. The largest absolute Gasteiger partial charge is 1.00 e. The molecule has 11 heteroatoms. The number of nitrogens with one attached hydrogen (secondary N) is 1. The van der Waals surface area contributed by atoms with Crippen molar-refractivity contribution in [1.29, 1.82) is 0 Å². The van der Waals surface area contributed by atoms with Crippen molar-refractivity contribution in [2.75, 3.05) is 0 Å². The third-order valence-electron chi connectivity index (χ3n) is 1.89. The molecule has 0 aliphatic carbocycles. The van der Waals surface area contributed by atoms with Gasteiger partial charge in [0.25, 0.3) is 0 Å². The predicted octanol–water partition coefficient (Wildman–Crippen LogP) is -5.03. The average molecular weight is 388 g/mol. The molecule has 1 aromatic carbocycles. The van der Waals surface area contributed by atoms with E-state index >= 15 is 0 Å². The van der Waals surface area contributed by atoms with Crippen LogP contribution in [0, 0.1) is 0 Å². The SMILES string of the molecule is O.O=P([O-])([O-])Oc1c[nH]c2cc(Cl)c(Br)cc12.[Na+].[Na+]. The standard InChI is InChI=1S/C8H6BrClNO4P.2Na.H2O/c9-5-1-4-7(2-6(5)10)11-3-8(4)15-16(12,13)14;;;/h1-3,11H,(H2,12,13,14);;;1H2/q;2*+1;/p-2. The van der Waals surface area contributed by atoms with E-state index in [9.17, 15) is 14.4 Å². The first-order valence-electron chi connectivity index (χ1n) is 4.04. The smallest absolute Gasteiger partial charge is 0.780 e. The predicted molar refractivity (Wildman–Crippen MR) is 62.9 cm³/mol. The number of fused-ring (bicyclic) bond motifs is 1. The molecule has 0 fully saturated rings. The van der Waals surface area contributed by atoms with Crippen LogP contribution in [0.1, 0.15) is 0 Å². The van der Waals surface area contributed by atoms with Gasteiger partial charge in [-0.05, 0) is 28.1 Å². The summed E-state index contributed by atoms with van der Waals surface area (Å²) >= 11 is 9.03. The van der Waals surface area contributed by atoms with Crippen molar-refractivity contribution in [2.45, 2.75) is 0 Å². The van der Waals surface area contributed by atoms with Gasteiger partial charge >= 0.3 is 59.1 Å². The molecule has 94 valence electrons. The van der Waals surface area contributed by atoms with Crippen LogP contribution in [0.2, 0.25) is 5.02 Å². The van der Waals surface area contributed by atoms with Gasteiger partial charge in [-0.2, -0.15) is 0 Å². The average Bonchev–Trinajstić information content (AvgIpc) is 2.47. The van der Waals surface area contributed by atoms with E-state index < -0.39 is 7.82 Å². The Morgan fingerprint density at radius 2 is 1.89 bits per heavy atom. The van der Waals surface area contributed by atoms with E-state index in [0.29, 0.717) is 20.4 Å². The molecule has 1 heterocycles. The Balaban J connectivity index is 0. The zero-order chi connectivity index (χ0) is 11.9. The minimum atomic E-state index is -5.05. The third-order valence-corrected chi connectivity index (χ3v) is 3.51. The Kier molecular flexibility index (Phi) is 10.5. The van der Waals surface area contributed by atoms with Gasteiger partial charge in [-0.25, -0.2) is 0 Å². The summed E-state index contributed by atoms with van der Waals surface area (Å²) in [6.45, 7) is 0. The summed E-state index contributed by atoms with van der Waals surface area (Å²) in [5, 5.41) is 0.927. The van der Waals surface area contributed by atoms with Crippen LogP contribution in [0.15, 0.2) is 22.8 Å². The number of H-pyrrole nitrogens is 1. The van der Waals surface area contributed by atoms with Gasteiger partial charge in [0.15, 0.2) is 0 Å². The molecular weight excluding hydrogens is 382 g/mol. The molecule has 0 aliphatic rings. The number of phosphoric acid groups is 1. The molecule has 2 rings (SSSR count). The minimum Gasteiger partial charge on any atom is -0.780 e. The normalized spacial score (nSPS) is 10.1. The Hall–Kier alpha value is 1.44. The van der Waals surface area contributed by atoms with Gasteiger partial charge in [0.05, 0.1) is 10.5 Å². The van der Waals surface area contributed by atoms with Crippen molar-refractivity contribution in [3.05, 3.63) is 27.8 Å². The van der Waals surface area contributed by atoms with Gasteiger partial charge in [0, 0.05) is 16.1 Å². The fraction of sp³-hybridized carbons (Fsp3) is 0. The second-order valence-electron chi connectivity index (χ2n) is 3.00. The Bertz CT molecular complexity index is 604. The summed E-state index contributed by atoms with van der Waals surface area (Å²) in [6.07, 6.45) is 1.29. The molecule has 3 N–H and O–H groups in total. The Morgan fingerprint density at radius 3 is 2.42 bits per heavy atom. The van der Waals surface area contributed by atoms with Crippen molar-refractivity contribution >= 4 is 46.3 Å². The summed E-state index contributed by atoms with van der Waals surface area (Å²) in [4.78, 5) is 23.7. The zero-order valence-corrected chi connectivity index (χ0v) is 17.3. The molecular formula is C8H6BrClNNa2O5P. The monoisotopic (exact) mass is 387 g/mol. The molecule has 19 heavy (non-hydrogen) atoms. The summed E-state index contributed by atoms with van der Waals surface area (Å²) in [6, 6.07) is 3.16. The summed E-state index contributed by atoms with van der Waals surface area (Å²) in [5.74, 6) is -0.0410. The van der Waals surface area contributed by atoms with Crippen LogP contribution in [-0.2, 0) is 4.57 Å². The first-order valence-corrected chi connectivity index (χ1v) is 6.68. The van der Waals surface area contributed by atoms with Crippen LogP contribution in [0.25, 0.3) is 10.9 Å². The van der Waals surface area contributed by atoms with E-state index in [1.54, 1.807) is 12.1 Å². The van der Waals surface area contributed by atoms with E-state index in [-0.39, 0.29) is 70.3 Å². The van der Waals surface area contributed by atoms with Crippen molar-refractivity contribution in [1.82, 2.24) is 4.98 Å². The molecule has 0 radical (unpaired) electrons.